The van der Waals surface area contributed by atoms with Gasteiger partial charge in [0.25, 0.3) is 0 Å². The minimum Gasteiger partial charge on any atom is -0.294 e. The van der Waals surface area contributed by atoms with Crippen LogP contribution in [0.25, 0.3) is 11.1 Å². The van der Waals surface area contributed by atoms with Gasteiger partial charge in [0.15, 0.2) is 5.78 Å². The quantitative estimate of drug-likeness (QED) is 0.725. The third-order valence-corrected chi connectivity index (χ3v) is 3.91. The summed E-state index contributed by atoms with van der Waals surface area (Å²) in [5.41, 5.74) is 4.63. The Bertz CT molecular complexity index is 540. The first-order chi connectivity index (χ1) is 7.77. The minimum absolute atomic E-state index is 0.148. The zero-order chi connectivity index (χ0) is 11.1. The van der Waals surface area contributed by atoms with Gasteiger partial charge in [-0.2, -0.15) is 11.3 Å². The average molecular weight is 228 g/mol. The summed E-state index contributed by atoms with van der Waals surface area (Å²) in [4.78, 5) is 11.9. The summed E-state index contributed by atoms with van der Waals surface area (Å²) in [5.74, 6) is 0.446. The fraction of sp³-hybridized carbons (Fsp3) is 0.214. The number of ketones is 1. The molecule has 0 aliphatic heterocycles. The molecular formula is C14H12OS. The molecule has 1 nitrogen and oxygen atoms in total. The third-order valence-electron chi connectivity index (χ3n) is 3.23. The molecule has 0 fully saturated rings. The molecule has 0 spiro atoms. The van der Waals surface area contributed by atoms with Crippen molar-refractivity contribution in [3.05, 3.63) is 46.2 Å². The van der Waals surface area contributed by atoms with E-state index in [0.29, 0.717) is 5.78 Å². The van der Waals surface area contributed by atoms with E-state index in [1.54, 1.807) is 11.3 Å². The molecule has 2 heteroatoms. The van der Waals surface area contributed by atoms with Crippen LogP contribution in [0.4, 0.5) is 0 Å². The van der Waals surface area contributed by atoms with Crippen LogP contribution in [0, 0.1) is 5.92 Å². The lowest BCUT2D eigenvalue weighted by molar-refractivity contribution is 0.0946. The van der Waals surface area contributed by atoms with Gasteiger partial charge in [-0.1, -0.05) is 25.1 Å². The number of fused-ring (bicyclic) bond motifs is 1. The van der Waals surface area contributed by atoms with Crippen LogP contribution in [0.1, 0.15) is 22.8 Å². The fourth-order valence-corrected chi connectivity index (χ4v) is 3.05. The molecule has 3 rings (SSSR count). The Labute approximate surface area is 98.7 Å². The van der Waals surface area contributed by atoms with Gasteiger partial charge < -0.3 is 0 Å². The average Bonchev–Trinajstić information content (AvgIpc) is 2.89. The van der Waals surface area contributed by atoms with Gasteiger partial charge in [-0.3, -0.25) is 4.79 Å². The summed E-state index contributed by atoms with van der Waals surface area (Å²) in [7, 11) is 0. The van der Waals surface area contributed by atoms with Gasteiger partial charge in [0, 0.05) is 11.5 Å². The first-order valence-corrected chi connectivity index (χ1v) is 6.40. The van der Waals surface area contributed by atoms with E-state index in [-0.39, 0.29) is 5.92 Å². The minimum atomic E-state index is 0.148. The molecule has 1 aliphatic rings. The molecule has 0 radical (unpaired) electrons. The predicted octanol–water partition coefficient (Wildman–Crippen LogP) is 3.79. The molecule has 0 amide bonds. The Morgan fingerprint density at radius 2 is 2.06 bits per heavy atom. The molecule has 1 atom stereocenters. The SMILES string of the molecule is CC1Cc2c(cccc2-c2ccsc2)C1=O. The zero-order valence-electron chi connectivity index (χ0n) is 9.07. The largest absolute Gasteiger partial charge is 0.294 e. The highest BCUT2D eigenvalue weighted by atomic mass is 32.1. The Kier molecular flexibility index (Phi) is 2.18. The molecule has 1 unspecified atom stereocenters. The molecule has 1 aromatic carbocycles. The van der Waals surface area contributed by atoms with Crippen molar-refractivity contribution in [1.82, 2.24) is 0 Å². The first-order valence-electron chi connectivity index (χ1n) is 5.46. The number of benzene rings is 1. The van der Waals surface area contributed by atoms with Crippen LogP contribution in [-0.4, -0.2) is 5.78 Å². The maximum absolute atomic E-state index is 11.9. The van der Waals surface area contributed by atoms with E-state index in [9.17, 15) is 4.79 Å². The van der Waals surface area contributed by atoms with E-state index in [1.807, 2.05) is 19.1 Å². The van der Waals surface area contributed by atoms with Crippen molar-refractivity contribution in [2.45, 2.75) is 13.3 Å². The summed E-state index contributed by atoms with van der Waals surface area (Å²) in [6.45, 7) is 2.01. The van der Waals surface area contributed by atoms with E-state index in [4.69, 9.17) is 0 Å². The van der Waals surface area contributed by atoms with Gasteiger partial charge >= 0.3 is 0 Å². The lowest BCUT2D eigenvalue weighted by atomic mass is 9.99. The maximum atomic E-state index is 11.9. The molecule has 0 saturated carbocycles. The molecule has 1 aromatic heterocycles. The molecule has 0 saturated heterocycles. The Morgan fingerprint density at radius 3 is 2.81 bits per heavy atom. The van der Waals surface area contributed by atoms with Gasteiger partial charge in [-0.15, -0.1) is 0 Å². The van der Waals surface area contributed by atoms with Crippen molar-refractivity contribution in [2.75, 3.05) is 0 Å². The lowest BCUT2D eigenvalue weighted by Gasteiger charge is -2.05. The van der Waals surface area contributed by atoms with Crippen molar-refractivity contribution < 1.29 is 4.79 Å². The maximum Gasteiger partial charge on any atom is 0.166 e. The normalized spacial score (nSPS) is 18.8. The monoisotopic (exact) mass is 228 g/mol. The van der Waals surface area contributed by atoms with E-state index in [0.717, 1.165) is 12.0 Å². The van der Waals surface area contributed by atoms with Crippen LogP contribution in [0.5, 0.6) is 0 Å². The van der Waals surface area contributed by atoms with Crippen LogP contribution in [-0.2, 0) is 6.42 Å². The second kappa shape index (κ2) is 3.56. The number of hydrogen-bond acceptors (Lipinski definition) is 2. The molecule has 2 aromatic rings. The Balaban J connectivity index is 2.20. The second-order valence-electron chi connectivity index (χ2n) is 4.31. The van der Waals surface area contributed by atoms with E-state index >= 15 is 0 Å². The third kappa shape index (κ3) is 1.34. The van der Waals surface area contributed by atoms with Gasteiger partial charge in [0.2, 0.25) is 0 Å². The van der Waals surface area contributed by atoms with Crippen LogP contribution in [0.15, 0.2) is 35.0 Å². The lowest BCUT2D eigenvalue weighted by Crippen LogP contribution is -2.02. The van der Waals surface area contributed by atoms with Crippen LogP contribution < -0.4 is 0 Å². The van der Waals surface area contributed by atoms with Crippen molar-refractivity contribution >= 4 is 17.1 Å². The number of thiophene rings is 1. The van der Waals surface area contributed by atoms with Gasteiger partial charge in [0.05, 0.1) is 0 Å². The Hall–Kier alpha value is -1.41. The predicted molar refractivity (Wildman–Crippen MR) is 67.0 cm³/mol. The summed E-state index contributed by atoms with van der Waals surface area (Å²) < 4.78 is 0. The highest BCUT2D eigenvalue weighted by Gasteiger charge is 2.28. The van der Waals surface area contributed by atoms with Crippen molar-refractivity contribution in [2.24, 2.45) is 5.92 Å². The van der Waals surface area contributed by atoms with Crippen LogP contribution in [0.3, 0.4) is 0 Å². The smallest absolute Gasteiger partial charge is 0.166 e. The number of hydrogen-bond donors (Lipinski definition) is 0. The molecule has 1 heterocycles. The second-order valence-corrected chi connectivity index (χ2v) is 5.09. The molecule has 0 bridgehead atoms. The first kappa shape index (κ1) is 9.79. The number of Topliss-reactive ketones (excluding diaryl/α,β-unsaturated/α-hetero) is 1. The van der Waals surface area contributed by atoms with Crippen molar-refractivity contribution in [3.8, 4) is 11.1 Å². The highest BCUT2D eigenvalue weighted by molar-refractivity contribution is 7.08. The molecule has 0 N–H and O–H groups in total. The Morgan fingerprint density at radius 1 is 1.25 bits per heavy atom. The molecule has 16 heavy (non-hydrogen) atoms. The van der Waals surface area contributed by atoms with Gasteiger partial charge in [-0.25, -0.2) is 0 Å². The van der Waals surface area contributed by atoms with Gasteiger partial charge in [-0.05, 0) is 39.9 Å². The molecule has 80 valence electrons. The van der Waals surface area contributed by atoms with E-state index in [1.165, 1.54) is 16.7 Å². The summed E-state index contributed by atoms with van der Waals surface area (Å²) in [6.07, 6.45) is 0.889. The van der Waals surface area contributed by atoms with Crippen molar-refractivity contribution in [1.29, 1.82) is 0 Å². The number of carbonyl (C=O) groups is 1. The standard InChI is InChI=1S/C14H12OS/c1-9-7-13-11(10-5-6-16-8-10)3-2-4-12(13)14(9)15/h2-6,8-9H,7H2,1H3. The van der Waals surface area contributed by atoms with Gasteiger partial charge in [0.1, 0.15) is 0 Å². The number of rotatable bonds is 1. The van der Waals surface area contributed by atoms with E-state index in [2.05, 4.69) is 22.9 Å². The zero-order valence-corrected chi connectivity index (χ0v) is 9.88. The topological polar surface area (TPSA) is 17.1 Å². The van der Waals surface area contributed by atoms with Crippen LogP contribution >= 0.6 is 11.3 Å². The highest BCUT2D eigenvalue weighted by Crippen LogP contribution is 2.35. The van der Waals surface area contributed by atoms with Crippen LogP contribution in [0.2, 0.25) is 0 Å². The summed E-state index contributed by atoms with van der Waals surface area (Å²) >= 11 is 1.70. The number of carbonyl (C=O) groups excluding carboxylic acids is 1. The molecule has 1 aliphatic carbocycles. The van der Waals surface area contributed by atoms with E-state index < -0.39 is 0 Å². The summed E-state index contributed by atoms with van der Waals surface area (Å²) in [6, 6.07) is 8.18. The molecular weight excluding hydrogens is 216 g/mol. The van der Waals surface area contributed by atoms with Crippen molar-refractivity contribution in [3.63, 3.8) is 0 Å². The summed E-state index contributed by atoms with van der Waals surface area (Å²) in [5, 5.41) is 4.22. The fourth-order valence-electron chi connectivity index (χ4n) is 2.39.